The molecule has 1 spiro atoms. The average molecular weight is 341 g/mol. The van der Waals surface area contributed by atoms with Gasteiger partial charge in [-0.15, -0.1) is 0 Å². The Morgan fingerprint density at radius 1 is 0.519 bits per heavy atom. The van der Waals surface area contributed by atoms with Crippen LogP contribution in [0.1, 0.15) is 22.3 Å². The summed E-state index contributed by atoms with van der Waals surface area (Å²) < 4.78 is 0. The van der Waals surface area contributed by atoms with Gasteiger partial charge in [-0.25, -0.2) is 0 Å². The van der Waals surface area contributed by atoms with Crippen LogP contribution in [0.3, 0.4) is 0 Å². The maximum atomic E-state index is 2.40. The van der Waals surface area contributed by atoms with Crippen molar-refractivity contribution in [2.75, 3.05) is 0 Å². The first kappa shape index (κ1) is 15.0. The van der Waals surface area contributed by atoms with Gasteiger partial charge in [-0.3, -0.25) is 0 Å². The Labute approximate surface area is 160 Å². The fraction of sp³-hybridized carbons (Fsp3) is 0.0769. The Bertz CT molecular complexity index is 1150. The summed E-state index contributed by atoms with van der Waals surface area (Å²) in [5.74, 6) is 0. The quantitative estimate of drug-likeness (QED) is 0.351. The molecule has 27 heavy (non-hydrogen) atoms. The molecule has 2 aliphatic carbocycles. The SMILES string of the molecule is C[B]c1ccc2c(c1)C1(c3ccccc3-c3ccccc31)c1ccccc1-2. The zero-order valence-corrected chi connectivity index (χ0v) is 15.2. The number of hydrogen-bond acceptors (Lipinski definition) is 0. The van der Waals surface area contributed by atoms with Gasteiger partial charge < -0.3 is 0 Å². The lowest BCUT2D eigenvalue weighted by molar-refractivity contribution is 0.794. The van der Waals surface area contributed by atoms with Crippen molar-refractivity contribution < 1.29 is 0 Å². The molecular formula is C26H18B. The second-order valence-corrected chi connectivity index (χ2v) is 7.48. The van der Waals surface area contributed by atoms with Crippen LogP contribution in [-0.4, -0.2) is 7.28 Å². The van der Waals surface area contributed by atoms with Gasteiger partial charge in [0.2, 0.25) is 0 Å². The van der Waals surface area contributed by atoms with Crippen molar-refractivity contribution in [3.63, 3.8) is 0 Å². The van der Waals surface area contributed by atoms with Crippen LogP contribution in [-0.2, 0) is 5.41 Å². The first-order valence-electron chi connectivity index (χ1n) is 9.59. The average Bonchev–Trinajstić information content (AvgIpc) is 3.21. The van der Waals surface area contributed by atoms with Crippen LogP contribution in [0, 0.1) is 0 Å². The minimum absolute atomic E-state index is 0.210. The molecule has 0 atom stereocenters. The molecule has 0 aliphatic heterocycles. The predicted molar refractivity (Wildman–Crippen MR) is 114 cm³/mol. The topological polar surface area (TPSA) is 0 Å². The van der Waals surface area contributed by atoms with Gasteiger partial charge in [-0.05, 0) is 44.5 Å². The van der Waals surface area contributed by atoms with Crippen molar-refractivity contribution in [2.24, 2.45) is 0 Å². The molecule has 0 N–H and O–H groups in total. The highest BCUT2D eigenvalue weighted by Crippen LogP contribution is 2.62. The Balaban J connectivity index is 1.85. The second-order valence-electron chi connectivity index (χ2n) is 7.48. The highest BCUT2D eigenvalue weighted by Gasteiger charge is 2.51. The van der Waals surface area contributed by atoms with Gasteiger partial charge in [0.05, 0.1) is 5.41 Å². The summed E-state index contributed by atoms with van der Waals surface area (Å²) in [5.41, 5.74) is 12.2. The molecule has 0 nitrogen and oxygen atoms in total. The van der Waals surface area contributed by atoms with E-state index in [1.54, 1.807) is 0 Å². The Kier molecular flexibility index (Phi) is 2.92. The van der Waals surface area contributed by atoms with Gasteiger partial charge in [0.15, 0.2) is 0 Å². The molecule has 0 aromatic heterocycles. The van der Waals surface area contributed by atoms with Gasteiger partial charge in [-0.1, -0.05) is 103 Å². The molecule has 0 amide bonds. The highest BCUT2D eigenvalue weighted by atomic mass is 14.5. The predicted octanol–water partition coefficient (Wildman–Crippen LogP) is 5.41. The standard InChI is InChI=1S/C26H18B/c1-27-17-14-15-21-20-10-4-7-13-24(20)26(25(21)16-17)22-11-5-2-8-18(22)19-9-3-6-12-23(19)26/h2-16H,1H3. The first-order valence-corrected chi connectivity index (χ1v) is 9.59. The molecule has 1 radical (unpaired) electrons. The smallest absolute Gasteiger partial charge is 0.0877 e. The normalized spacial score (nSPS) is 14.4. The van der Waals surface area contributed by atoms with E-state index in [0.29, 0.717) is 0 Å². The molecule has 0 fully saturated rings. The number of rotatable bonds is 1. The molecule has 0 bridgehead atoms. The largest absolute Gasteiger partial charge is 0.148 e. The van der Waals surface area contributed by atoms with E-state index in [1.807, 2.05) is 0 Å². The van der Waals surface area contributed by atoms with Gasteiger partial charge in [0.25, 0.3) is 0 Å². The number of fused-ring (bicyclic) bond motifs is 10. The van der Waals surface area contributed by atoms with E-state index >= 15 is 0 Å². The zero-order valence-electron chi connectivity index (χ0n) is 15.2. The third-order valence-corrected chi connectivity index (χ3v) is 6.35. The van der Waals surface area contributed by atoms with E-state index in [0.717, 1.165) is 0 Å². The van der Waals surface area contributed by atoms with Crippen molar-refractivity contribution >= 4 is 12.7 Å². The summed E-state index contributed by atoms with van der Waals surface area (Å²) in [5, 5.41) is 0. The third-order valence-electron chi connectivity index (χ3n) is 6.35. The summed E-state index contributed by atoms with van der Waals surface area (Å²) in [4.78, 5) is 0. The molecule has 1 heteroatoms. The van der Waals surface area contributed by atoms with E-state index in [1.165, 1.54) is 50.0 Å². The second kappa shape index (κ2) is 5.23. The molecule has 0 heterocycles. The van der Waals surface area contributed by atoms with E-state index in [9.17, 15) is 0 Å². The number of benzene rings is 4. The lowest BCUT2D eigenvalue weighted by Crippen LogP contribution is -2.27. The van der Waals surface area contributed by atoms with E-state index in [2.05, 4.69) is 105 Å². The zero-order chi connectivity index (χ0) is 18.0. The van der Waals surface area contributed by atoms with Crippen molar-refractivity contribution in [3.8, 4) is 22.3 Å². The monoisotopic (exact) mass is 341 g/mol. The van der Waals surface area contributed by atoms with Crippen molar-refractivity contribution in [1.82, 2.24) is 0 Å². The lowest BCUT2D eigenvalue weighted by atomic mass is 9.67. The van der Waals surface area contributed by atoms with Crippen LogP contribution < -0.4 is 5.46 Å². The van der Waals surface area contributed by atoms with Crippen LogP contribution in [0.15, 0.2) is 91.0 Å². The molecule has 125 valence electrons. The van der Waals surface area contributed by atoms with Crippen LogP contribution in [0.4, 0.5) is 0 Å². The molecular weight excluding hydrogens is 323 g/mol. The summed E-state index contributed by atoms with van der Waals surface area (Å²) in [7, 11) is 2.20. The molecule has 6 rings (SSSR count). The molecule has 4 aromatic rings. The fourth-order valence-corrected chi connectivity index (χ4v) is 5.29. The highest BCUT2D eigenvalue weighted by molar-refractivity contribution is 6.52. The Morgan fingerprint density at radius 2 is 0.963 bits per heavy atom. The van der Waals surface area contributed by atoms with Crippen molar-refractivity contribution in [3.05, 3.63) is 113 Å². The lowest BCUT2D eigenvalue weighted by Gasteiger charge is -2.30. The van der Waals surface area contributed by atoms with Crippen LogP contribution in [0.25, 0.3) is 22.3 Å². The minimum atomic E-state index is -0.210. The molecule has 0 saturated carbocycles. The van der Waals surface area contributed by atoms with E-state index < -0.39 is 0 Å². The van der Waals surface area contributed by atoms with Crippen molar-refractivity contribution in [2.45, 2.75) is 12.2 Å². The third kappa shape index (κ3) is 1.70. The van der Waals surface area contributed by atoms with Gasteiger partial charge in [0, 0.05) is 0 Å². The fourth-order valence-electron chi connectivity index (χ4n) is 5.29. The van der Waals surface area contributed by atoms with Crippen molar-refractivity contribution in [1.29, 1.82) is 0 Å². The van der Waals surface area contributed by atoms with Gasteiger partial charge in [-0.2, -0.15) is 0 Å². The van der Waals surface area contributed by atoms with E-state index in [-0.39, 0.29) is 5.41 Å². The number of hydrogen-bond donors (Lipinski definition) is 0. The van der Waals surface area contributed by atoms with Crippen LogP contribution in [0.5, 0.6) is 0 Å². The Hall–Kier alpha value is -3.06. The summed E-state index contributed by atoms with van der Waals surface area (Å²) in [6.45, 7) is 2.12. The Morgan fingerprint density at radius 3 is 1.44 bits per heavy atom. The maximum absolute atomic E-state index is 2.40. The van der Waals surface area contributed by atoms with Gasteiger partial charge >= 0.3 is 0 Å². The maximum Gasteiger partial charge on any atom is 0.148 e. The summed E-state index contributed by atoms with van der Waals surface area (Å²) in [6.07, 6.45) is 0. The molecule has 2 aliphatic rings. The summed E-state index contributed by atoms with van der Waals surface area (Å²) >= 11 is 0. The summed E-state index contributed by atoms with van der Waals surface area (Å²) in [6, 6.07) is 33.8. The first-order chi connectivity index (χ1) is 13.4. The molecule has 0 unspecified atom stereocenters. The van der Waals surface area contributed by atoms with Crippen LogP contribution in [0.2, 0.25) is 6.82 Å². The van der Waals surface area contributed by atoms with Gasteiger partial charge in [0.1, 0.15) is 7.28 Å². The molecule has 4 aromatic carbocycles. The minimum Gasteiger partial charge on any atom is -0.0877 e. The van der Waals surface area contributed by atoms with Crippen LogP contribution >= 0.6 is 0 Å². The van der Waals surface area contributed by atoms with E-state index in [4.69, 9.17) is 0 Å². The molecule has 0 saturated heterocycles.